The van der Waals surface area contributed by atoms with Gasteiger partial charge in [-0.15, -0.1) is 13.2 Å². The van der Waals surface area contributed by atoms with Crippen molar-refractivity contribution < 1.29 is 22.6 Å². The van der Waals surface area contributed by atoms with Gasteiger partial charge in [-0.2, -0.15) is 5.26 Å². The fourth-order valence-electron chi connectivity index (χ4n) is 1.66. The summed E-state index contributed by atoms with van der Waals surface area (Å²) in [6.07, 6.45) is -4.73. The molecule has 0 aliphatic carbocycles. The third-order valence-corrected chi connectivity index (χ3v) is 2.54. The molecule has 0 aliphatic rings. The molecule has 21 heavy (non-hydrogen) atoms. The first-order valence-corrected chi connectivity index (χ1v) is 5.92. The number of rotatable bonds is 3. The van der Waals surface area contributed by atoms with Crippen LogP contribution in [0.25, 0.3) is 0 Å². The third-order valence-electron chi connectivity index (χ3n) is 2.54. The Morgan fingerprint density at radius 3 is 2.19 bits per heavy atom. The van der Waals surface area contributed by atoms with E-state index in [-0.39, 0.29) is 5.75 Å². The summed E-state index contributed by atoms with van der Waals surface area (Å²) < 4.78 is 45.3. The van der Waals surface area contributed by atoms with Gasteiger partial charge in [-0.1, -0.05) is 6.07 Å². The highest BCUT2D eigenvalue weighted by molar-refractivity contribution is 5.47. The van der Waals surface area contributed by atoms with Crippen LogP contribution >= 0.6 is 0 Å². The molecule has 0 bridgehead atoms. The molecule has 6 heteroatoms. The van der Waals surface area contributed by atoms with Crippen LogP contribution in [0.15, 0.2) is 42.5 Å². The van der Waals surface area contributed by atoms with Crippen molar-refractivity contribution in [3.05, 3.63) is 53.6 Å². The second kappa shape index (κ2) is 5.75. The standard InChI is InChI=1S/C15H10F3NO2/c1-10-2-7-14(11(8-10)9-19)20-12-3-5-13(6-4-12)21-15(16,17)18/h2-8H,1H3. The largest absolute Gasteiger partial charge is 0.573 e. The lowest BCUT2D eigenvalue weighted by Crippen LogP contribution is -2.16. The minimum Gasteiger partial charge on any atom is -0.456 e. The molecular weight excluding hydrogens is 283 g/mol. The van der Waals surface area contributed by atoms with Crippen LogP contribution in [-0.4, -0.2) is 6.36 Å². The van der Waals surface area contributed by atoms with Crippen molar-refractivity contribution in [1.82, 2.24) is 0 Å². The molecule has 0 spiro atoms. The number of ether oxygens (including phenoxy) is 2. The Bertz CT molecular complexity index is 673. The summed E-state index contributed by atoms with van der Waals surface area (Å²) >= 11 is 0. The van der Waals surface area contributed by atoms with E-state index in [9.17, 15) is 13.2 Å². The Hall–Kier alpha value is -2.68. The smallest absolute Gasteiger partial charge is 0.456 e. The summed E-state index contributed by atoms with van der Waals surface area (Å²) in [6.45, 7) is 1.84. The summed E-state index contributed by atoms with van der Waals surface area (Å²) in [7, 11) is 0. The van der Waals surface area contributed by atoms with Crippen LogP contribution in [0.1, 0.15) is 11.1 Å². The van der Waals surface area contributed by atoms with Gasteiger partial charge < -0.3 is 9.47 Å². The van der Waals surface area contributed by atoms with E-state index < -0.39 is 6.36 Å². The van der Waals surface area contributed by atoms with Gasteiger partial charge in [0, 0.05) is 0 Å². The number of nitrogens with zero attached hydrogens (tertiary/aromatic N) is 1. The Labute approximate surface area is 119 Å². The van der Waals surface area contributed by atoms with Crippen molar-refractivity contribution >= 4 is 0 Å². The molecule has 0 aliphatic heterocycles. The number of aryl methyl sites for hydroxylation is 1. The van der Waals surface area contributed by atoms with Crippen molar-refractivity contribution in [2.45, 2.75) is 13.3 Å². The number of alkyl halides is 3. The highest BCUT2D eigenvalue weighted by atomic mass is 19.4. The first-order valence-electron chi connectivity index (χ1n) is 5.92. The lowest BCUT2D eigenvalue weighted by atomic mass is 10.1. The van der Waals surface area contributed by atoms with E-state index in [1.165, 1.54) is 12.1 Å². The van der Waals surface area contributed by atoms with Gasteiger partial charge in [0.25, 0.3) is 0 Å². The molecule has 108 valence electrons. The minimum absolute atomic E-state index is 0.310. The normalized spacial score (nSPS) is 10.8. The zero-order valence-electron chi connectivity index (χ0n) is 10.9. The lowest BCUT2D eigenvalue weighted by molar-refractivity contribution is -0.274. The molecule has 0 aromatic heterocycles. The van der Waals surface area contributed by atoms with Crippen molar-refractivity contribution in [3.63, 3.8) is 0 Å². The monoisotopic (exact) mass is 293 g/mol. The summed E-state index contributed by atoms with van der Waals surface area (Å²) in [5.74, 6) is 0.316. The molecule has 0 fully saturated rings. The van der Waals surface area contributed by atoms with Crippen LogP contribution in [0.3, 0.4) is 0 Å². The molecule has 0 unspecified atom stereocenters. The molecule has 0 N–H and O–H groups in total. The van der Waals surface area contributed by atoms with Gasteiger partial charge in [-0.25, -0.2) is 0 Å². The fourth-order valence-corrected chi connectivity index (χ4v) is 1.66. The first kappa shape index (κ1) is 14.7. The van der Waals surface area contributed by atoms with Gasteiger partial charge in [0.2, 0.25) is 0 Å². The maximum atomic E-state index is 12.0. The maximum Gasteiger partial charge on any atom is 0.573 e. The molecule has 0 saturated heterocycles. The van der Waals surface area contributed by atoms with E-state index >= 15 is 0 Å². The van der Waals surface area contributed by atoms with Crippen LogP contribution in [0.4, 0.5) is 13.2 Å². The second-order valence-electron chi connectivity index (χ2n) is 4.23. The van der Waals surface area contributed by atoms with Gasteiger partial charge in [0.1, 0.15) is 23.3 Å². The molecule has 2 aromatic carbocycles. The quantitative estimate of drug-likeness (QED) is 0.833. The highest BCUT2D eigenvalue weighted by Gasteiger charge is 2.30. The number of benzene rings is 2. The molecule has 2 rings (SSSR count). The van der Waals surface area contributed by atoms with E-state index in [2.05, 4.69) is 4.74 Å². The van der Waals surface area contributed by atoms with Crippen molar-refractivity contribution in [2.24, 2.45) is 0 Å². The van der Waals surface area contributed by atoms with Crippen LogP contribution in [0.2, 0.25) is 0 Å². The van der Waals surface area contributed by atoms with Crippen LogP contribution < -0.4 is 9.47 Å². The zero-order valence-corrected chi connectivity index (χ0v) is 10.9. The maximum absolute atomic E-state index is 12.0. The topological polar surface area (TPSA) is 42.2 Å². The van der Waals surface area contributed by atoms with Crippen LogP contribution in [-0.2, 0) is 0 Å². The van der Waals surface area contributed by atoms with Gasteiger partial charge in [0.05, 0.1) is 5.56 Å². The Morgan fingerprint density at radius 2 is 1.62 bits per heavy atom. The van der Waals surface area contributed by atoms with E-state index in [4.69, 9.17) is 10.00 Å². The van der Waals surface area contributed by atoms with E-state index in [1.807, 2.05) is 13.0 Å². The molecule has 2 aromatic rings. The van der Waals surface area contributed by atoms with E-state index in [0.29, 0.717) is 17.1 Å². The van der Waals surface area contributed by atoms with Crippen molar-refractivity contribution in [3.8, 4) is 23.3 Å². The summed E-state index contributed by atoms with van der Waals surface area (Å²) in [4.78, 5) is 0. The van der Waals surface area contributed by atoms with Crippen molar-refractivity contribution in [2.75, 3.05) is 0 Å². The molecule has 0 saturated carbocycles. The first-order chi connectivity index (χ1) is 9.87. The van der Waals surface area contributed by atoms with Gasteiger partial charge in [0.15, 0.2) is 0 Å². The predicted molar refractivity (Wildman–Crippen MR) is 69.1 cm³/mol. The summed E-state index contributed by atoms with van der Waals surface area (Å²) in [5, 5.41) is 9.02. The van der Waals surface area contributed by atoms with E-state index in [0.717, 1.165) is 17.7 Å². The van der Waals surface area contributed by atoms with Gasteiger partial charge in [-0.05, 0) is 48.9 Å². The molecule has 0 heterocycles. The predicted octanol–water partition coefficient (Wildman–Crippen LogP) is 4.56. The number of nitriles is 1. The Balaban J connectivity index is 2.16. The average molecular weight is 293 g/mol. The summed E-state index contributed by atoms with van der Waals surface area (Å²) in [5.41, 5.74) is 1.26. The molecule has 0 radical (unpaired) electrons. The fraction of sp³-hybridized carbons (Fsp3) is 0.133. The third kappa shape index (κ3) is 4.14. The second-order valence-corrected chi connectivity index (χ2v) is 4.23. The molecule has 0 atom stereocenters. The van der Waals surface area contributed by atoms with E-state index in [1.54, 1.807) is 18.2 Å². The lowest BCUT2D eigenvalue weighted by Gasteiger charge is -2.10. The number of halogens is 3. The average Bonchev–Trinajstić information content (AvgIpc) is 2.41. The Morgan fingerprint density at radius 1 is 1.00 bits per heavy atom. The molecule has 0 amide bonds. The molecule has 3 nitrogen and oxygen atoms in total. The van der Waals surface area contributed by atoms with Crippen LogP contribution in [0.5, 0.6) is 17.2 Å². The number of hydrogen-bond donors (Lipinski definition) is 0. The summed E-state index contributed by atoms with van der Waals surface area (Å²) in [6, 6.07) is 12.0. The highest BCUT2D eigenvalue weighted by Crippen LogP contribution is 2.29. The van der Waals surface area contributed by atoms with Crippen molar-refractivity contribution in [1.29, 1.82) is 5.26 Å². The Kier molecular flexibility index (Phi) is 4.03. The number of hydrogen-bond acceptors (Lipinski definition) is 3. The minimum atomic E-state index is -4.73. The van der Waals surface area contributed by atoms with Gasteiger partial charge >= 0.3 is 6.36 Å². The molecular formula is C15H10F3NO2. The van der Waals surface area contributed by atoms with Gasteiger partial charge in [-0.3, -0.25) is 0 Å². The van der Waals surface area contributed by atoms with Crippen LogP contribution in [0, 0.1) is 18.3 Å². The SMILES string of the molecule is Cc1ccc(Oc2ccc(OC(F)(F)F)cc2)c(C#N)c1. The zero-order chi connectivity index (χ0) is 15.5.